The highest BCUT2D eigenvalue weighted by Crippen LogP contribution is 2.51. The van der Waals surface area contributed by atoms with Crippen LogP contribution in [0.5, 0.6) is 0 Å². The number of rotatable bonds is 2. The summed E-state index contributed by atoms with van der Waals surface area (Å²) in [7, 11) is 0. The van der Waals surface area contributed by atoms with Crippen LogP contribution in [0.2, 0.25) is 0 Å². The fraction of sp³-hybridized carbons (Fsp3) is 0.455. The van der Waals surface area contributed by atoms with Gasteiger partial charge in [0.2, 0.25) is 0 Å². The van der Waals surface area contributed by atoms with Crippen LogP contribution in [0.25, 0.3) is 0 Å². The number of halogens is 2. The van der Waals surface area contributed by atoms with Crippen molar-refractivity contribution >= 4 is 28.3 Å². The van der Waals surface area contributed by atoms with E-state index in [2.05, 4.69) is 47.1 Å². The fourth-order valence-electron chi connectivity index (χ4n) is 1.88. The van der Waals surface area contributed by atoms with Crippen LogP contribution in [0.3, 0.4) is 0 Å². The molecule has 2 N–H and O–H groups in total. The summed E-state index contributed by atoms with van der Waals surface area (Å²) in [5.74, 6) is 0.579. The van der Waals surface area contributed by atoms with Crippen molar-refractivity contribution in [2.45, 2.75) is 31.2 Å². The molecule has 78 valence electrons. The second kappa shape index (κ2) is 4.21. The lowest BCUT2D eigenvalue weighted by Crippen LogP contribution is -2.22. The number of hydrogen-bond acceptors (Lipinski definition) is 1. The zero-order valence-electron chi connectivity index (χ0n) is 8.16. The third kappa shape index (κ3) is 2.13. The highest BCUT2D eigenvalue weighted by molar-refractivity contribution is 9.10. The van der Waals surface area contributed by atoms with E-state index >= 15 is 0 Å². The Bertz CT molecular complexity index is 329. The van der Waals surface area contributed by atoms with Gasteiger partial charge in [-0.1, -0.05) is 35.0 Å². The van der Waals surface area contributed by atoms with Crippen LogP contribution in [0.15, 0.2) is 28.7 Å². The summed E-state index contributed by atoms with van der Waals surface area (Å²) in [5, 5.41) is 0. The highest BCUT2D eigenvalue weighted by Gasteiger charge is 2.49. The lowest BCUT2D eigenvalue weighted by Gasteiger charge is -2.07. The molecule has 1 aromatic carbocycles. The Morgan fingerprint density at radius 1 is 1.57 bits per heavy atom. The van der Waals surface area contributed by atoms with Crippen molar-refractivity contribution in [1.82, 2.24) is 0 Å². The van der Waals surface area contributed by atoms with Gasteiger partial charge in [0.15, 0.2) is 0 Å². The molecule has 3 heteroatoms. The topological polar surface area (TPSA) is 26.0 Å². The van der Waals surface area contributed by atoms with Gasteiger partial charge in [-0.2, -0.15) is 0 Å². The standard InChI is InChI=1S/C11H14BrN.ClH/c1-2-11(13)7-10(11)8-4-3-5-9(12)6-8;/h3-6,10H,2,7,13H2,1H3;1H. The van der Waals surface area contributed by atoms with E-state index < -0.39 is 0 Å². The van der Waals surface area contributed by atoms with Gasteiger partial charge in [-0.3, -0.25) is 0 Å². The minimum atomic E-state index is 0. The van der Waals surface area contributed by atoms with Gasteiger partial charge in [-0.05, 0) is 30.5 Å². The number of hydrogen-bond donors (Lipinski definition) is 1. The van der Waals surface area contributed by atoms with Crippen molar-refractivity contribution in [2.24, 2.45) is 5.73 Å². The van der Waals surface area contributed by atoms with Gasteiger partial charge in [0.05, 0.1) is 0 Å². The Morgan fingerprint density at radius 2 is 2.29 bits per heavy atom. The summed E-state index contributed by atoms with van der Waals surface area (Å²) in [6.07, 6.45) is 2.21. The Labute approximate surface area is 99.6 Å². The average molecular weight is 277 g/mol. The van der Waals surface area contributed by atoms with Gasteiger partial charge in [0, 0.05) is 15.9 Å². The molecule has 14 heavy (non-hydrogen) atoms. The third-order valence-corrected chi connectivity index (χ3v) is 3.52. The van der Waals surface area contributed by atoms with Crippen molar-refractivity contribution in [3.8, 4) is 0 Å². The van der Waals surface area contributed by atoms with Gasteiger partial charge in [-0.25, -0.2) is 0 Å². The Kier molecular flexibility index (Phi) is 3.62. The molecule has 1 saturated carbocycles. The molecule has 0 amide bonds. The first-order chi connectivity index (χ1) is 6.15. The zero-order chi connectivity index (χ0) is 9.47. The van der Waals surface area contributed by atoms with Crippen molar-refractivity contribution in [2.75, 3.05) is 0 Å². The average Bonchev–Trinajstić information content (AvgIpc) is 2.79. The maximum Gasteiger partial charge on any atom is 0.0228 e. The van der Waals surface area contributed by atoms with Crippen LogP contribution in [0, 0.1) is 0 Å². The van der Waals surface area contributed by atoms with Crippen molar-refractivity contribution in [1.29, 1.82) is 0 Å². The van der Waals surface area contributed by atoms with Crippen LogP contribution in [-0.2, 0) is 0 Å². The fourth-order valence-corrected chi connectivity index (χ4v) is 2.30. The summed E-state index contributed by atoms with van der Waals surface area (Å²) in [4.78, 5) is 0. The number of nitrogens with two attached hydrogens (primary N) is 1. The predicted octanol–water partition coefficient (Wildman–Crippen LogP) is 3.47. The second-order valence-electron chi connectivity index (χ2n) is 3.90. The van der Waals surface area contributed by atoms with E-state index in [1.54, 1.807) is 0 Å². The lowest BCUT2D eigenvalue weighted by molar-refractivity contribution is 0.626. The molecule has 2 unspecified atom stereocenters. The van der Waals surface area contributed by atoms with Crippen LogP contribution < -0.4 is 5.73 Å². The Balaban J connectivity index is 0.000000980. The smallest absolute Gasteiger partial charge is 0.0228 e. The molecule has 0 bridgehead atoms. The monoisotopic (exact) mass is 275 g/mol. The summed E-state index contributed by atoms with van der Waals surface area (Å²) < 4.78 is 1.15. The molecule has 0 aromatic heterocycles. The summed E-state index contributed by atoms with van der Waals surface area (Å²) >= 11 is 3.48. The second-order valence-corrected chi connectivity index (χ2v) is 4.81. The molecule has 0 saturated heterocycles. The highest BCUT2D eigenvalue weighted by atomic mass is 79.9. The van der Waals surface area contributed by atoms with Gasteiger partial charge < -0.3 is 5.73 Å². The quantitative estimate of drug-likeness (QED) is 0.879. The van der Waals surface area contributed by atoms with Crippen LogP contribution in [-0.4, -0.2) is 5.54 Å². The van der Waals surface area contributed by atoms with Crippen molar-refractivity contribution in [3.63, 3.8) is 0 Å². The first-order valence-electron chi connectivity index (χ1n) is 4.70. The van der Waals surface area contributed by atoms with E-state index in [9.17, 15) is 0 Å². The largest absolute Gasteiger partial charge is 0.325 e. The molecule has 0 radical (unpaired) electrons. The predicted molar refractivity (Wildman–Crippen MR) is 66.0 cm³/mol. The SMILES string of the molecule is CCC1(N)CC1c1cccc(Br)c1.Cl. The summed E-state index contributed by atoms with van der Waals surface area (Å²) in [5.41, 5.74) is 7.61. The zero-order valence-corrected chi connectivity index (χ0v) is 10.6. The van der Waals surface area contributed by atoms with Gasteiger partial charge in [0.25, 0.3) is 0 Å². The molecular formula is C11H15BrClN. The van der Waals surface area contributed by atoms with Gasteiger partial charge in [0.1, 0.15) is 0 Å². The molecule has 0 aliphatic heterocycles. The van der Waals surface area contributed by atoms with Crippen LogP contribution in [0.1, 0.15) is 31.2 Å². The molecule has 0 heterocycles. The summed E-state index contributed by atoms with van der Waals surface area (Å²) in [6, 6.07) is 8.47. The molecular weight excluding hydrogens is 261 g/mol. The van der Waals surface area contributed by atoms with Crippen molar-refractivity contribution < 1.29 is 0 Å². The van der Waals surface area contributed by atoms with E-state index in [-0.39, 0.29) is 17.9 Å². The van der Waals surface area contributed by atoms with Crippen molar-refractivity contribution in [3.05, 3.63) is 34.3 Å². The maximum absolute atomic E-state index is 6.16. The Morgan fingerprint density at radius 3 is 2.79 bits per heavy atom. The molecule has 1 aromatic rings. The Hall–Kier alpha value is -0.0500. The molecule has 2 atom stereocenters. The molecule has 1 aliphatic rings. The van der Waals surface area contributed by atoms with Crippen LogP contribution in [0.4, 0.5) is 0 Å². The minimum absolute atomic E-state index is 0. The molecule has 1 fully saturated rings. The maximum atomic E-state index is 6.16. The minimum Gasteiger partial charge on any atom is -0.325 e. The van der Waals surface area contributed by atoms with E-state index in [0.717, 1.165) is 17.3 Å². The molecule has 1 aliphatic carbocycles. The first-order valence-corrected chi connectivity index (χ1v) is 5.49. The van der Waals surface area contributed by atoms with E-state index in [1.165, 1.54) is 5.56 Å². The van der Waals surface area contributed by atoms with E-state index in [0.29, 0.717) is 5.92 Å². The van der Waals surface area contributed by atoms with E-state index in [4.69, 9.17) is 5.73 Å². The number of benzene rings is 1. The van der Waals surface area contributed by atoms with Crippen LogP contribution >= 0.6 is 28.3 Å². The lowest BCUT2D eigenvalue weighted by atomic mass is 10.1. The van der Waals surface area contributed by atoms with Gasteiger partial charge >= 0.3 is 0 Å². The van der Waals surface area contributed by atoms with Gasteiger partial charge in [-0.15, -0.1) is 12.4 Å². The third-order valence-electron chi connectivity index (χ3n) is 3.03. The van der Waals surface area contributed by atoms with E-state index in [1.807, 2.05) is 0 Å². The molecule has 1 nitrogen and oxygen atoms in total. The first kappa shape index (κ1) is 12.0. The molecule has 2 rings (SSSR count). The summed E-state index contributed by atoms with van der Waals surface area (Å²) in [6.45, 7) is 2.16. The molecule has 0 spiro atoms. The normalized spacial score (nSPS) is 29.5.